The van der Waals surface area contributed by atoms with Crippen molar-refractivity contribution in [1.29, 1.82) is 0 Å². The number of fused-ring (bicyclic) bond motifs is 1. The fourth-order valence-electron chi connectivity index (χ4n) is 4.60. The molecule has 0 aliphatic heterocycles. The molecule has 2 fully saturated rings. The third-order valence-corrected chi connectivity index (χ3v) is 6.31. The van der Waals surface area contributed by atoms with Crippen LogP contribution in [0.1, 0.15) is 43.1 Å². The van der Waals surface area contributed by atoms with E-state index in [1.54, 1.807) is 4.90 Å². The van der Waals surface area contributed by atoms with Crippen LogP contribution in [0.15, 0.2) is 71.9 Å². The summed E-state index contributed by atoms with van der Waals surface area (Å²) in [5, 5.41) is 0. The highest BCUT2D eigenvalue weighted by Crippen LogP contribution is 2.68. The predicted octanol–water partition coefficient (Wildman–Crippen LogP) is 4.85. The number of amides is 1. The Morgan fingerprint density at radius 1 is 1.04 bits per heavy atom. The molecule has 27 heavy (non-hydrogen) atoms. The molecule has 2 aliphatic carbocycles. The van der Waals surface area contributed by atoms with Crippen molar-refractivity contribution in [3.63, 3.8) is 0 Å². The van der Waals surface area contributed by atoms with Gasteiger partial charge < -0.3 is 4.90 Å². The van der Waals surface area contributed by atoms with E-state index in [0.29, 0.717) is 24.4 Å². The van der Waals surface area contributed by atoms with Crippen molar-refractivity contribution < 1.29 is 9.59 Å². The minimum atomic E-state index is -0.0563. The largest absolute Gasteiger partial charge is 0.308 e. The summed E-state index contributed by atoms with van der Waals surface area (Å²) in [6, 6.07) is 19.3. The van der Waals surface area contributed by atoms with Crippen LogP contribution in [-0.4, -0.2) is 16.6 Å². The highest BCUT2D eigenvalue weighted by molar-refractivity contribution is 6.03. The predicted molar refractivity (Wildman–Crippen MR) is 106 cm³/mol. The second-order valence-corrected chi connectivity index (χ2v) is 8.27. The monoisotopic (exact) mass is 359 g/mol. The molecule has 0 N–H and O–H groups in total. The number of carbonyl (C=O) groups excluding carboxylic acids is 2. The topological polar surface area (TPSA) is 37.4 Å². The molecule has 2 saturated carbocycles. The van der Waals surface area contributed by atoms with Gasteiger partial charge in [-0.3, -0.25) is 9.59 Å². The zero-order chi connectivity index (χ0) is 19.2. The number of ketones is 1. The van der Waals surface area contributed by atoms with Crippen LogP contribution in [0.2, 0.25) is 0 Å². The van der Waals surface area contributed by atoms with E-state index in [4.69, 9.17) is 0 Å². The van der Waals surface area contributed by atoms with Crippen LogP contribution in [0.25, 0.3) is 0 Å². The van der Waals surface area contributed by atoms with Gasteiger partial charge in [0.05, 0.1) is 6.54 Å². The van der Waals surface area contributed by atoms with Crippen molar-refractivity contribution in [2.75, 3.05) is 0 Å². The fourth-order valence-corrected chi connectivity index (χ4v) is 4.60. The molecule has 4 rings (SSSR count). The summed E-state index contributed by atoms with van der Waals surface area (Å²) in [5.41, 5.74) is 3.55. The lowest BCUT2D eigenvalue weighted by Crippen LogP contribution is -2.31. The number of nitrogens with zero attached hydrogens (tertiary/aromatic N) is 1. The van der Waals surface area contributed by atoms with E-state index in [9.17, 15) is 9.59 Å². The van der Waals surface area contributed by atoms with Crippen LogP contribution in [0.4, 0.5) is 0 Å². The van der Waals surface area contributed by atoms with Crippen molar-refractivity contribution in [3.05, 3.63) is 83.1 Å². The molecule has 2 atom stereocenters. The summed E-state index contributed by atoms with van der Waals surface area (Å²) < 4.78 is 0. The van der Waals surface area contributed by atoms with Gasteiger partial charge in [0.25, 0.3) is 5.91 Å². The average molecular weight is 359 g/mol. The van der Waals surface area contributed by atoms with E-state index in [0.717, 1.165) is 16.8 Å². The summed E-state index contributed by atoms with van der Waals surface area (Å²) in [7, 11) is 0. The molecule has 2 unspecified atom stereocenters. The number of Topliss-reactive ketones (excluding diaryl/α,β-unsaturated/α-hetero) is 1. The second kappa shape index (κ2) is 6.49. The van der Waals surface area contributed by atoms with Crippen molar-refractivity contribution in [2.24, 2.45) is 17.3 Å². The number of allylic oxidation sites excluding steroid dienone is 2. The maximum Gasteiger partial charge on any atom is 0.258 e. The molecule has 0 radical (unpaired) electrons. The van der Waals surface area contributed by atoms with Gasteiger partial charge in [0.15, 0.2) is 5.78 Å². The zero-order valence-corrected chi connectivity index (χ0v) is 16.1. The van der Waals surface area contributed by atoms with E-state index < -0.39 is 0 Å². The molecular formula is C24H25NO2. The Labute approximate surface area is 160 Å². The first-order valence-corrected chi connectivity index (χ1v) is 9.56. The third-order valence-electron chi connectivity index (χ3n) is 6.31. The van der Waals surface area contributed by atoms with Gasteiger partial charge in [-0.15, -0.1) is 0 Å². The molecule has 1 amide bonds. The first-order valence-electron chi connectivity index (χ1n) is 9.56. The minimum absolute atomic E-state index is 0.0563. The van der Waals surface area contributed by atoms with Crippen molar-refractivity contribution >= 4 is 11.7 Å². The van der Waals surface area contributed by atoms with Crippen LogP contribution in [-0.2, 0) is 11.3 Å². The van der Waals surface area contributed by atoms with Gasteiger partial charge in [-0.05, 0) is 41.9 Å². The molecule has 0 spiro atoms. The molecule has 2 aliphatic rings. The Hall–Kier alpha value is -2.68. The lowest BCUT2D eigenvalue weighted by Gasteiger charge is -2.26. The molecule has 0 bridgehead atoms. The van der Waals surface area contributed by atoms with Crippen LogP contribution >= 0.6 is 0 Å². The molecule has 2 aromatic rings. The molecule has 138 valence electrons. The SMILES string of the molecule is C/C(=C1/C(=O)CC2C1C2(C)C)N(Cc1ccccc1)C(=O)c1ccccc1. The summed E-state index contributed by atoms with van der Waals surface area (Å²) in [5.74, 6) is 0.868. The number of rotatable bonds is 4. The molecular weight excluding hydrogens is 334 g/mol. The van der Waals surface area contributed by atoms with Crippen LogP contribution < -0.4 is 0 Å². The lowest BCUT2D eigenvalue weighted by atomic mass is 9.94. The highest BCUT2D eigenvalue weighted by atomic mass is 16.2. The van der Waals surface area contributed by atoms with Gasteiger partial charge in [-0.2, -0.15) is 0 Å². The first kappa shape index (κ1) is 17.7. The minimum Gasteiger partial charge on any atom is -0.308 e. The van der Waals surface area contributed by atoms with Gasteiger partial charge in [0.2, 0.25) is 0 Å². The Morgan fingerprint density at radius 2 is 1.63 bits per heavy atom. The Kier molecular flexibility index (Phi) is 4.26. The normalized spacial score (nSPS) is 24.3. The number of carbonyl (C=O) groups is 2. The standard InChI is InChI=1S/C24H25NO2/c1-16(21-20(26)14-19-22(21)24(19,2)3)25(15-17-10-6-4-7-11-17)23(27)18-12-8-5-9-13-18/h4-13,19,22H,14-15H2,1-3H3/b21-16+. The quantitative estimate of drug-likeness (QED) is 0.732. The van der Waals surface area contributed by atoms with Gasteiger partial charge in [-0.25, -0.2) is 0 Å². The smallest absolute Gasteiger partial charge is 0.258 e. The number of hydrogen-bond donors (Lipinski definition) is 0. The molecule has 0 heterocycles. The van der Waals surface area contributed by atoms with Crippen molar-refractivity contribution in [2.45, 2.75) is 33.7 Å². The third kappa shape index (κ3) is 3.01. The summed E-state index contributed by atoms with van der Waals surface area (Å²) >= 11 is 0. The van der Waals surface area contributed by atoms with Crippen LogP contribution in [0, 0.1) is 17.3 Å². The molecule has 3 nitrogen and oxygen atoms in total. The Balaban J connectivity index is 1.75. The molecule has 0 saturated heterocycles. The average Bonchev–Trinajstić information content (AvgIpc) is 3.02. The summed E-state index contributed by atoms with van der Waals surface area (Å²) in [6.07, 6.45) is 0.614. The van der Waals surface area contributed by atoms with Crippen LogP contribution in [0.5, 0.6) is 0 Å². The molecule has 2 aromatic carbocycles. The zero-order valence-electron chi connectivity index (χ0n) is 16.1. The van der Waals surface area contributed by atoms with E-state index in [1.165, 1.54) is 0 Å². The maximum atomic E-state index is 13.3. The summed E-state index contributed by atoms with van der Waals surface area (Å²) in [6.45, 7) is 6.86. The van der Waals surface area contributed by atoms with Gasteiger partial charge >= 0.3 is 0 Å². The Morgan fingerprint density at radius 3 is 2.22 bits per heavy atom. The second-order valence-electron chi connectivity index (χ2n) is 8.27. The first-order chi connectivity index (χ1) is 12.9. The van der Waals surface area contributed by atoms with E-state index in [-0.39, 0.29) is 23.0 Å². The number of benzene rings is 2. The van der Waals surface area contributed by atoms with Gasteiger partial charge in [0.1, 0.15) is 0 Å². The van der Waals surface area contributed by atoms with Gasteiger partial charge in [0, 0.05) is 23.3 Å². The van der Waals surface area contributed by atoms with E-state index in [2.05, 4.69) is 13.8 Å². The molecule has 0 aromatic heterocycles. The van der Waals surface area contributed by atoms with Gasteiger partial charge in [-0.1, -0.05) is 62.4 Å². The maximum absolute atomic E-state index is 13.3. The van der Waals surface area contributed by atoms with Crippen molar-refractivity contribution in [3.8, 4) is 0 Å². The summed E-state index contributed by atoms with van der Waals surface area (Å²) in [4.78, 5) is 27.8. The molecule has 3 heteroatoms. The van der Waals surface area contributed by atoms with E-state index in [1.807, 2.05) is 67.6 Å². The highest BCUT2D eigenvalue weighted by Gasteiger charge is 2.65. The van der Waals surface area contributed by atoms with Crippen molar-refractivity contribution in [1.82, 2.24) is 4.90 Å². The van der Waals surface area contributed by atoms with E-state index >= 15 is 0 Å². The lowest BCUT2D eigenvalue weighted by molar-refractivity contribution is -0.115. The Bertz CT molecular complexity index is 912. The fraction of sp³-hybridized carbons (Fsp3) is 0.333. The van der Waals surface area contributed by atoms with Crippen LogP contribution in [0.3, 0.4) is 0 Å². The number of hydrogen-bond acceptors (Lipinski definition) is 2.